The van der Waals surface area contributed by atoms with Gasteiger partial charge in [-0.15, -0.1) is 0 Å². The predicted octanol–water partition coefficient (Wildman–Crippen LogP) is 5.31. The Morgan fingerprint density at radius 3 is 2.52 bits per heavy atom. The topological polar surface area (TPSA) is 71.8 Å². The molecule has 0 aliphatic carbocycles. The number of furan rings is 1. The van der Waals surface area contributed by atoms with E-state index in [2.05, 4.69) is 5.32 Å². The largest absolute Gasteiger partial charge is 0.489 e. The smallest absolute Gasteiger partial charge is 0.261 e. The summed E-state index contributed by atoms with van der Waals surface area (Å²) in [6.45, 7) is 1.04. The summed E-state index contributed by atoms with van der Waals surface area (Å²) in [5, 5.41) is 2.95. The van der Waals surface area contributed by atoms with Crippen molar-refractivity contribution in [3.8, 4) is 5.75 Å². The van der Waals surface area contributed by atoms with Crippen LogP contribution in [0.2, 0.25) is 0 Å². The van der Waals surface area contributed by atoms with Gasteiger partial charge < -0.3 is 19.4 Å². The van der Waals surface area contributed by atoms with Crippen molar-refractivity contribution in [1.82, 2.24) is 0 Å². The molecule has 1 aliphatic heterocycles. The highest BCUT2D eigenvalue weighted by Gasteiger charge is 2.26. The van der Waals surface area contributed by atoms with Crippen molar-refractivity contribution in [2.75, 3.05) is 16.8 Å². The second-order valence-corrected chi connectivity index (χ2v) is 7.82. The molecule has 0 unspecified atom stereocenters. The molecule has 6 heteroatoms. The summed E-state index contributed by atoms with van der Waals surface area (Å²) in [5.74, 6) is 0.534. The van der Waals surface area contributed by atoms with Crippen molar-refractivity contribution in [3.63, 3.8) is 0 Å². The number of ether oxygens (including phenoxy) is 1. The average Bonchev–Trinajstić information content (AvgIpc) is 3.53. The van der Waals surface area contributed by atoms with E-state index < -0.39 is 0 Å². The van der Waals surface area contributed by atoms with Crippen LogP contribution in [0.3, 0.4) is 0 Å². The zero-order valence-corrected chi connectivity index (χ0v) is 17.9. The number of carbonyl (C=O) groups excluding carboxylic acids is 2. The lowest BCUT2D eigenvalue weighted by atomic mass is 10.1. The quantitative estimate of drug-likeness (QED) is 0.443. The third-order valence-electron chi connectivity index (χ3n) is 5.61. The van der Waals surface area contributed by atoms with E-state index in [0.29, 0.717) is 30.0 Å². The van der Waals surface area contributed by atoms with Crippen LogP contribution in [0.25, 0.3) is 0 Å². The van der Waals surface area contributed by atoms with Crippen molar-refractivity contribution in [2.45, 2.75) is 13.0 Å². The standard InChI is InChI=1S/C27H22N2O4/c30-26(20-8-6-19(7-9-20)17-33-24-4-2-1-3-5-24)28-23-10-11-25-21(16-23)12-14-29(25)27(31)22-13-15-32-18-22/h1-11,13,15-16,18H,12,14,17H2,(H,28,30). The maximum atomic E-state index is 12.7. The maximum Gasteiger partial charge on any atom is 0.261 e. The predicted molar refractivity (Wildman–Crippen MR) is 126 cm³/mol. The highest BCUT2D eigenvalue weighted by molar-refractivity contribution is 6.08. The Morgan fingerprint density at radius 1 is 0.939 bits per heavy atom. The summed E-state index contributed by atoms with van der Waals surface area (Å²) >= 11 is 0. The SMILES string of the molecule is O=C(Nc1ccc2c(c1)CCN2C(=O)c1ccoc1)c1ccc(COc2ccccc2)cc1. The molecule has 3 aromatic carbocycles. The van der Waals surface area contributed by atoms with Gasteiger partial charge in [-0.25, -0.2) is 0 Å². The van der Waals surface area contributed by atoms with Crippen molar-refractivity contribution < 1.29 is 18.7 Å². The highest BCUT2D eigenvalue weighted by atomic mass is 16.5. The molecule has 2 amide bonds. The van der Waals surface area contributed by atoms with Crippen LogP contribution in [-0.2, 0) is 13.0 Å². The van der Waals surface area contributed by atoms with Crippen LogP contribution in [0.5, 0.6) is 5.75 Å². The minimum absolute atomic E-state index is 0.0874. The first-order chi connectivity index (χ1) is 16.2. The Bertz CT molecular complexity index is 1270. The third-order valence-corrected chi connectivity index (χ3v) is 5.61. The Hall–Kier alpha value is -4.32. The molecule has 4 aromatic rings. The molecule has 2 heterocycles. The van der Waals surface area contributed by atoms with E-state index in [1.54, 1.807) is 23.1 Å². The Labute approximate surface area is 191 Å². The Morgan fingerprint density at radius 2 is 1.76 bits per heavy atom. The molecule has 1 aromatic heterocycles. The lowest BCUT2D eigenvalue weighted by Crippen LogP contribution is -2.28. The number of nitrogens with zero attached hydrogens (tertiary/aromatic N) is 1. The van der Waals surface area contributed by atoms with Gasteiger partial charge in [-0.3, -0.25) is 9.59 Å². The number of anilines is 2. The number of nitrogens with one attached hydrogen (secondary N) is 1. The molecule has 0 saturated carbocycles. The summed E-state index contributed by atoms with van der Waals surface area (Å²) in [7, 11) is 0. The van der Waals surface area contributed by atoms with Gasteiger partial charge in [-0.2, -0.15) is 0 Å². The molecule has 33 heavy (non-hydrogen) atoms. The molecule has 0 bridgehead atoms. The Kier molecular flexibility index (Phi) is 5.64. The van der Waals surface area contributed by atoms with E-state index in [1.807, 2.05) is 60.7 Å². The minimum Gasteiger partial charge on any atom is -0.489 e. The van der Waals surface area contributed by atoms with Crippen LogP contribution in [-0.4, -0.2) is 18.4 Å². The van der Waals surface area contributed by atoms with Crippen LogP contribution in [0, 0.1) is 0 Å². The van der Waals surface area contributed by atoms with E-state index in [-0.39, 0.29) is 11.8 Å². The molecule has 164 valence electrons. The van der Waals surface area contributed by atoms with E-state index in [0.717, 1.165) is 29.0 Å². The van der Waals surface area contributed by atoms with Gasteiger partial charge in [-0.1, -0.05) is 30.3 Å². The third kappa shape index (κ3) is 4.50. The highest BCUT2D eigenvalue weighted by Crippen LogP contribution is 2.32. The molecule has 0 radical (unpaired) electrons. The fourth-order valence-corrected chi connectivity index (χ4v) is 3.87. The van der Waals surface area contributed by atoms with Crippen molar-refractivity contribution in [2.24, 2.45) is 0 Å². The normalized spacial score (nSPS) is 12.3. The summed E-state index contributed by atoms with van der Waals surface area (Å²) in [6, 6.07) is 24.3. The molecule has 0 spiro atoms. The molecule has 6 nitrogen and oxygen atoms in total. The maximum absolute atomic E-state index is 12.7. The number of amides is 2. The zero-order valence-electron chi connectivity index (χ0n) is 17.9. The van der Waals surface area contributed by atoms with Crippen LogP contribution in [0.1, 0.15) is 31.8 Å². The van der Waals surface area contributed by atoms with E-state index >= 15 is 0 Å². The number of rotatable bonds is 6. The fourth-order valence-electron chi connectivity index (χ4n) is 3.87. The first kappa shape index (κ1) is 20.6. The number of hydrogen-bond donors (Lipinski definition) is 1. The molecule has 1 N–H and O–H groups in total. The van der Waals surface area contributed by atoms with E-state index in [1.165, 1.54) is 12.5 Å². The van der Waals surface area contributed by atoms with Gasteiger partial charge in [0.25, 0.3) is 11.8 Å². The number of carbonyl (C=O) groups is 2. The molecular weight excluding hydrogens is 416 g/mol. The molecular formula is C27H22N2O4. The van der Waals surface area contributed by atoms with E-state index in [4.69, 9.17) is 9.15 Å². The van der Waals surface area contributed by atoms with Crippen LogP contribution in [0.15, 0.2) is 95.8 Å². The van der Waals surface area contributed by atoms with Gasteiger partial charge in [0.15, 0.2) is 0 Å². The van der Waals surface area contributed by atoms with Crippen molar-refractivity contribution in [3.05, 3.63) is 114 Å². The Balaban J connectivity index is 1.22. The van der Waals surface area contributed by atoms with Crippen molar-refractivity contribution in [1.29, 1.82) is 0 Å². The molecule has 0 atom stereocenters. The van der Waals surface area contributed by atoms with E-state index in [9.17, 15) is 9.59 Å². The average molecular weight is 438 g/mol. The van der Waals surface area contributed by atoms with Gasteiger partial charge in [0.2, 0.25) is 0 Å². The van der Waals surface area contributed by atoms with Crippen LogP contribution >= 0.6 is 0 Å². The number of hydrogen-bond acceptors (Lipinski definition) is 4. The first-order valence-corrected chi connectivity index (χ1v) is 10.7. The summed E-state index contributed by atoms with van der Waals surface area (Å²) in [6.07, 6.45) is 3.68. The second-order valence-electron chi connectivity index (χ2n) is 7.82. The van der Waals surface area contributed by atoms with Crippen LogP contribution < -0.4 is 15.0 Å². The summed E-state index contributed by atoms with van der Waals surface area (Å²) < 4.78 is 10.8. The van der Waals surface area contributed by atoms with Gasteiger partial charge in [-0.05, 0) is 66.1 Å². The number of para-hydroxylation sites is 1. The molecule has 1 aliphatic rings. The number of fused-ring (bicyclic) bond motifs is 1. The second kappa shape index (κ2) is 9.04. The fraction of sp³-hybridized carbons (Fsp3) is 0.111. The van der Waals surface area contributed by atoms with Gasteiger partial charge in [0.05, 0.1) is 11.8 Å². The van der Waals surface area contributed by atoms with Crippen molar-refractivity contribution >= 4 is 23.2 Å². The van der Waals surface area contributed by atoms with Gasteiger partial charge in [0, 0.05) is 23.5 Å². The van der Waals surface area contributed by atoms with Crippen LogP contribution in [0.4, 0.5) is 11.4 Å². The first-order valence-electron chi connectivity index (χ1n) is 10.7. The lowest BCUT2D eigenvalue weighted by molar-refractivity contribution is 0.0987. The van der Waals surface area contributed by atoms with Gasteiger partial charge in [0.1, 0.15) is 18.6 Å². The summed E-state index contributed by atoms with van der Waals surface area (Å²) in [4.78, 5) is 27.1. The van der Waals surface area contributed by atoms with Gasteiger partial charge >= 0.3 is 0 Å². The molecule has 0 saturated heterocycles. The lowest BCUT2D eigenvalue weighted by Gasteiger charge is -2.16. The monoisotopic (exact) mass is 438 g/mol. The molecule has 0 fully saturated rings. The zero-order chi connectivity index (χ0) is 22.6. The number of benzene rings is 3. The minimum atomic E-state index is -0.185. The summed E-state index contributed by atoms with van der Waals surface area (Å²) in [5.41, 5.74) is 4.66. The molecule has 5 rings (SSSR count).